The van der Waals surface area contributed by atoms with Crippen LogP contribution >= 0.6 is 0 Å². The van der Waals surface area contributed by atoms with E-state index in [2.05, 4.69) is 20.4 Å². The highest BCUT2D eigenvalue weighted by molar-refractivity contribution is 5.94. The largest absolute Gasteiger partial charge is 0.481 e. The summed E-state index contributed by atoms with van der Waals surface area (Å²) in [5.41, 5.74) is 1.35. The number of aromatic amines is 1. The Kier molecular flexibility index (Phi) is 6.13. The summed E-state index contributed by atoms with van der Waals surface area (Å²) in [5.74, 6) is 0.659. The number of carbonyl (C=O) groups excluding carboxylic acids is 1. The molecule has 0 atom stereocenters. The van der Waals surface area contributed by atoms with Gasteiger partial charge in [-0.3, -0.25) is 14.7 Å². The van der Waals surface area contributed by atoms with Crippen molar-refractivity contribution in [3.63, 3.8) is 0 Å². The molecule has 1 amide bonds. The SMILES string of the molecule is COc1cc(-c2c[nH]n(-c3ccc(C(=O)NC4CCC(OC)CC4)cn3)c2=O)ccn1. The highest BCUT2D eigenvalue weighted by atomic mass is 16.5. The van der Waals surface area contributed by atoms with Gasteiger partial charge in [0.2, 0.25) is 5.88 Å². The fourth-order valence-corrected chi connectivity index (χ4v) is 3.80. The van der Waals surface area contributed by atoms with Crippen LogP contribution in [0.4, 0.5) is 0 Å². The van der Waals surface area contributed by atoms with E-state index in [0.29, 0.717) is 28.4 Å². The summed E-state index contributed by atoms with van der Waals surface area (Å²) in [6, 6.07) is 6.88. The maximum atomic E-state index is 12.8. The van der Waals surface area contributed by atoms with Crippen molar-refractivity contribution in [1.29, 1.82) is 0 Å². The molecular weight excluding hydrogens is 398 g/mol. The Hall–Kier alpha value is -3.46. The lowest BCUT2D eigenvalue weighted by atomic mass is 9.93. The third-order valence-electron chi connectivity index (χ3n) is 5.61. The number of nitrogens with zero attached hydrogens (tertiary/aromatic N) is 3. The third-order valence-corrected chi connectivity index (χ3v) is 5.61. The molecule has 3 heterocycles. The zero-order valence-corrected chi connectivity index (χ0v) is 17.5. The quantitative estimate of drug-likeness (QED) is 0.629. The predicted molar refractivity (Wildman–Crippen MR) is 114 cm³/mol. The van der Waals surface area contributed by atoms with E-state index in [1.165, 1.54) is 18.0 Å². The molecule has 0 spiro atoms. The topological polar surface area (TPSA) is 111 Å². The number of rotatable bonds is 6. The summed E-state index contributed by atoms with van der Waals surface area (Å²) in [6.07, 6.45) is 8.64. The average molecular weight is 423 g/mol. The van der Waals surface area contributed by atoms with Gasteiger partial charge in [-0.25, -0.2) is 14.6 Å². The van der Waals surface area contributed by atoms with E-state index in [1.54, 1.807) is 43.8 Å². The second kappa shape index (κ2) is 9.13. The normalized spacial score (nSPS) is 18.5. The standard InChI is InChI=1S/C22H25N5O4/c1-30-17-6-4-16(5-7-17)26-21(28)15-3-8-19(24-12-15)27-22(29)18(13-25-27)14-9-10-23-20(11-14)31-2/h3,8-13,16-17,25H,4-7H2,1-2H3,(H,26,28). The lowest BCUT2D eigenvalue weighted by Crippen LogP contribution is -2.39. The van der Waals surface area contributed by atoms with Crippen molar-refractivity contribution < 1.29 is 14.3 Å². The molecule has 2 N–H and O–H groups in total. The number of nitrogens with one attached hydrogen (secondary N) is 2. The molecule has 1 saturated carbocycles. The zero-order valence-electron chi connectivity index (χ0n) is 17.5. The van der Waals surface area contributed by atoms with Crippen molar-refractivity contribution in [2.45, 2.75) is 37.8 Å². The van der Waals surface area contributed by atoms with Gasteiger partial charge in [-0.15, -0.1) is 0 Å². The molecule has 31 heavy (non-hydrogen) atoms. The van der Waals surface area contributed by atoms with E-state index in [1.807, 2.05) is 0 Å². The number of ether oxygens (including phenoxy) is 2. The van der Waals surface area contributed by atoms with Crippen LogP contribution in [0.15, 0.2) is 47.7 Å². The summed E-state index contributed by atoms with van der Waals surface area (Å²) in [6.45, 7) is 0. The molecule has 3 aromatic rings. The summed E-state index contributed by atoms with van der Waals surface area (Å²) >= 11 is 0. The van der Waals surface area contributed by atoms with Crippen molar-refractivity contribution in [1.82, 2.24) is 25.1 Å². The first-order chi connectivity index (χ1) is 15.1. The van der Waals surface area contributed by atoms with Crippen LogP contribution in [0.1, 0.15) is 36.0 Å². The first-order valence-electron chi connectivity index (χ1n) is 10.2. The van der Waals surface area contributed by atoms with Gasteiger partial charge in [-0.2, -0.15) is 0 Å². The number of aromatic nitrogens is 4. The fraction of sp³-hybridized carbons (Fsp3) is 0.364. The molecule has 4 rings (SSSR count). The van der Waals surface area contributed by atoms with Crippen LogP contribution in [0.3, 0.4) is 0 Å². The Morgan fingerprint density at radius 2 is 1.97 bits per heavy atom. The molecule has 9 nitrogen and oxygen atoms in total. The van der Waals surface area contributed by atoms with E-state index in [4.69, 9.17) is 9.47 Å². The second-order valence-electron chi connectivity index (χ2n) is 7.50. The van der Waals surface area contributed by atoms with Gasteiger partial charge >= 0.3 is 0 Å². The van der Waals surface area contributed by atoms with Gasteiger partial charge in [0.05, 0.1) is 24.3 Å². The number of H-pyrrole nitrogens is 1. The molecular formula is C22H25N5O4. The third kappa shape index (κ3) is 4.51. The lowest BCUT2D eigenvalue weighted by Gasteiger charge is -2.28. The zero-order chi connectivity index (χ0) is 21.8. The van der Waals surface area contributed by atoms with Crippen molar-refractivity contribution in [3.8, 4) is 22.8 Å². The van der Waals surface area contributed by atoms with Crippen LogP contribution in [0, 0.1) is 0 Å². The fourth-order valence-electron chi connectivity index (χ4n) is 3.80. The van der Waals surface area contributed by atoms with Crippen molar-refractivity contribution in [2.75, 3.05) is 14.2 Å². The molecule has 1 fully saturated rings. The Morgan fingerprint density at radius 1 is 1.16 bits per heavy atom. The first-order valence-corrected chi connectivity index (χ1v) is 10.2. The molecule has 0 radical (unpaired) electrons. The molecule has 1 aliphatic carbocycles. The molecule has 0 bridgehead atoms. The summed E-state index contributed by atoms with van der Waals surface area (Å²) in [7, 11) is 3.25. The van der Waals surface area contributed by atoms with Crippen LogP contribution in [0.2, 0.25) is 0 Å². The van der Waals surface area contributed by atoms with Gasteiger partial charge in [-0.05, 0) is 49.4 Å². The molecule has 1 aliphatic rings. The first kappa shape index (κ1) is 20.8. The minimum absolute atomic E-state index is 0.143. The van der Waals surface area contributed by atoms with Crippen LogP contribution in [-0.2, 0) is 4.74 Å². The molecule has 0 unspecified atom stereocenters. The van der Waals surface area contributed by atoms with Gasteiger partial charge in [0, 0.05) is 37.8 Å². The minimum Gasteiger partial charge on any atom is -0.481 e. The predicted octanol–water partition coefficient (Wildman–Crippen LogP) is 2.32. The number of hydrogen-bond donors (Lipinski definition) is 2. The Bertz CT molecular complexity index is 1100. The van der Waals surface area contributed by atoms with Crippen LogP contribution in [0.25, 0.3) is 16.9 Å². The van der Waals surface area contributed by atoms with E-state index in [9.17, 15) is 9.59 Å². The number of pyridine rings is 2. The molecule has 3 aromatic heterocycles. The highest BCUT2D eigenvalue weighted by Crippen LogP contribution is 2.21. The number of carbonyl (C=O) groups is 1. The van der Waals surface area contributed by atoms with E-state index >= 15 is 0 Å². The maximum absolute atomic E-state index is 12.8. The number of amides is 1. The highest BCUT2D eigenvalue weighted by Gasteiger charge is 2.22. The molecule has 0 saturated heterocycles. The number of methoxy groups -OCH3 is 2. The van der Waals surface area contributed by atoms with Gasteiger partial charge in [0.1, 0.15) is 0 Å². The average Bonchev–Trinajstić information content (AvgIpc) is 3.21. The van der Waals surface area contributed by atoms with Gasteiger partial charge < -0.3 is 14.8 Å². The van der Waals surface area contributed by atoms with Crippen LogP contribution in [0.5, 0.6) is 5.88 Å². The van der Waals surface area contributed by atoms with Crippen molar-refractivity contribution in [2.24, 2.45) is 0 Å². The van der Waals surface area contributed by atoms with E-state index in [-0.39, 0.29) is 23.6 Å². The summed E-state index contributed by atoms with van der Waals surface area (Å²) < 4.78 is 11.8. The Morgan fingerprint density at radius 3 is 2.65 bits per heavy atom. The van der Waals surface area contributed by atoms with Crippen molar-refractivity contribution in [3.05, 3.63) is 58.8 Å². The molecule has 162 valence electrons. The Balaban J connectivity index is 1.47. The van der Waals surface area contributed by atoms with Gasteiger partial charge in [0.15, 0.2) is 5.82 Å². The summed E-state index contributed by atoms with van der Waals surface area (Å²) in [5, 5.41) is 5.98. The number of hydrogen-bond acceptors (Lipinski definition) is 6. The van der Waals surface area contributed by atoms with Crippen molar-refractivity contribution >= 4 is 5.91 Å². The van der Waals surface area contributed by atoms with Crippen LogP contribution < -0.4 is 15.6 Å². The lowest BCUT2D eigenvalue weighted by molar-refractivity contribution is 0.0599. The Labute approximate surface area is 179 Å². The molecule has 9 heteroatoms. The van der Waals surface area contributed by atoms with E-state index < -0.39 is 0 Å². The minimum atomic E-state index is -0.257. The maximum Gasteiger partial charge on any atom is 0.280 e. The summed E-state index contributed by atoms with van der Waals surface area (Å²) in [4.78, 5) is 33.8. The van der Waals surface area contributed by atoms with Gasteiger partial charge in [0.25, 0.3) is 11.5 Å². The van der Waals surface area contributed by atoms with Crippen LogP contribution in [-0.4, -0.2) is 52.0 Å². The molecule has 0 aromatic carbocycles. The monoisotopic (exact) mass is 423 g/mol. The van der Waals surface area contributed by atoms with E-state index in [0.717, 1.165) is 25.7 Å². The van der Waals surface area contributed by atoms with Gasteiger partial charge in [-0.1, -0.05) is 0 Å². The smallest absolute Gasteiger partial charge is 0.280 e. The molecule has 0 aliphatic heterocycles. The second-order valence-corrected chi connectivity index (χ2v) is 7.50.